The maximum Gasteiger partial charge on any atom is 0.256 e. The van der Waals surface area contributed by atoms with E-state index in [1.165, 1.54) is 6.20 Å². The molecule has 90 valence electrons. The number of halogens is 1. The standard InChI is InChI=1S/C11H17ClN2O2/c1-7(2)10(4-5-12)14-11(15)9-6-13-16-8(9)3/h6-7,10H,4-5H2,1-3H3,(H,14,15). The topological polar surface area (TPSA) is 55.1 Å². The van der Waals surface area contributed by atoms with E-state index in [0.29, 0.717) is 23.1 Å². The van der Waals surface area contributed by atoms with Gasteiger partial charge in [-0.05, 0) is 19.3 Å². The molecule has 0 aromatic carbocycles. The Hall–Kier alpha value is -1.03. The molecule has 0 spiro atoms. The van der Waals surface area contributed by atoms with Gasteiger partial charge in [-0.1, -0.05) is 19.0 Å². The number of carbonyl (C=O) groups is 1. The van der Waals surface area contributed by atoms with Gasteiger partial charge in [0.1, 0.15) is 11.3 Å². The minimum Gasteiger partial charge on any atom is -0.361 e. The van der Waals surface area contributed by atoms with Crippen molar-refractivity contribution >= 4 is 17.5 Å². The van der Waals surface area contributed by atoms with Crippen LogP contribution in [0.25, 0.3) is 0 Å². The van der Waals surface area contributed by atoms with E-state index in [9.17, 15) is 4.79 Å². The number of alkyl halides is 1. The largest absolute Gasteiger partial charge is 0.361 e. The SMILES string of the molecule is Cc1oncc1C(=O)NC(CCCl)C(C)C. The van der Waals surface area contributed by atoms with E-state index in [4.69, 9.17) is 16.1 Å². The maximum atomic E-state index is 11.9. The van der Waals surface area contributed by atoms with Crippen molar-refractivity contribution in [2.45, 2.75) is 33.2 Å². The zero-order valence-electron chi connectivity index (χ0n) is 9.79. The molecule has 0 aliphatic rings. The molecule has 1 rings (SSSR count). The van der Waals surface area contributed by atoms with E-state index in [1.807, 2.05) is 0 Å². The summed E-state index contributed by atoms with van der Waals surface area (Å²) < 4.78 is 4.85. The summed E-state index contributed by atoms with van der Waals surface area (Å²) in [6.07, 6.45) is 2.19. The molecule has 4 nitrogen and oxygen atoms in total. The highest BCUT2D eigenvalue weighted by Crippen LogP contribution is 2.10. The first-order chi connectivity index (χ1) is 7.56. The highest BCUT2D eigenvalue weighted by molar-refractivity contribution is 6.17. The van der Waals surface area contributed by atoms with Crippen LogP contribution in [0.2, 0.25) is 0 Å². The predicted octanol–water partition coefficient (Wildman–Crippen LogP) is 2.37. The molecule has 0 aliphatic carbocycles. The van der Waals surface area contributed by atoms with E-state index < -0.39 is 0 Å². The molecule has 1 aromatic heterocycles. The molecule has 5 heteroatoms. The lowest BCUT2D eigenvalue weighted by molar-refractivity contribution is 0.0923. The lowest BCUT2D eigenvalue weighted by atomic mass is 10.0. The Morgan fingerprint density at radius 3 is 2.75 bits per heavy atom. The van der Waals surface area contributed by atoms with Crippen molar-refractivity contribution < 1.29 is 9.32 Å². The Bertz CT molecular complexity index is 350. The third-order valence-electron chi connectivity index (χ3n) is 2.54. The lowest BCUT2D eigenvalue weighted by Crippen LogP contribution is -2.38. The third kappa shape index (κ3) is 3.23. The number of carbonyl (C=O) groups excluding carboxylic acids is 1. The van der Waals surface area contributed by atoms with Crippen molar-refractivity contribution in [2.75, 3.05) is 5.88 Å². The van der Waals surface area contributed by atoms with Crippen LogP contribution in [0, 0.1) is 12.8 Å². The van der Waals surface area contributed by atoms with Crippen LogP contribution in [0.1, 0.15) is 36.4 Å². The monoisotopic (exact) mass is 244 g/mol. The second-order valence-corrected chi connectivity index (χ2v) is 4.48. The summed E-state index contributed by atoms with van der Waals surface area (Å²) >= 11 is 5.70. The summed E-state index contributed by atoms with van der Waals surface area (Å²) in [5, 5.41) is 6.52. The van der Waals surface area contributed by atoms with E-state index in [-0.39, 0.29) is 11.9 Å². The molecule has 1 unspecified atom stereocenters. The molecule has 1 atom stereocenters. The predicted molar refractivity (Wildman–Crippen MR) is 62.7 cm³/mol. The number of rotatable bonds is 5. The molecule has 1 heterocycles. The molecule has 1 aromatic rings. The van der Waals surface area contributed by atoms with Crippen molar-refractivity contribution in [3.63, 3.8) is 0 Å². The molecule has 1 N–H and O–H groups in total. The molecule has 0 fully saturated rings. The van der Waals surface area contributed by atoms with Crippen molar-refractivity contribution in [3.05, 3.63) is 17.5 Å². The first kappa shape index (κ1) is 13.0. The Morgan fingerprint density at radius 2 is 2.31 bits per heavy atom. The number of hydrogen-bond donors (Lipinski definition) is 1. The van der Waals surface area contributed by atoms with Crippen molar-refractivity contribution in [2.24, 2.45) is 5.92 Å². The minimum atomic E-state index is -0.150. The summed E-state index contributed by atoms with van der Waals surface area (Å²) in [4.78, 5) is 11.9. The van der Waals surface area contributed by atoms with Gasteiger partial charge in [0.2, 0.25) is 0 Å². The van der Waals surface area contributed by atoms with Gasteiger partial charge in [0, 0.05) is 11.9 Å². The maximum absolute atomic E-state index is 11.9. The van der Waals surface area contributed by atoms with Crippen LogP contribution < -0.4 is 5.32 Å². The van der Waals surface area contributed by atoms with Gasteiger partial charge >= 0.3 is 0 Å². The fourth-order valence-electron chi connectivity index (χ4n) is 1.45. The van der Waals surface area contributed by atoms with Crippen LogP contribution in [0.5, 0.6) is 0 Å². The average Bonchev–Trinajstić information content (AvgIpc) is 2.63. The summed E-state index contributed by atoms with van der Waals surface area (Å²) in [5.74, 6) is 1.27. The number of aromatic nitrogens is 1. The van der Waals surface area contributed by atoms with Gasteiger partial charge in [0.15, 0.2) is 0 Å². The van der Waals surface area contributed by atoms with Crippen LogP contribution >= 0.6 is 11.6 Å². The Balaban J connectivity index is 2.65. The Kier molecular flexibility index (Phi) is 4.80. The molecule has 0 radical (unpaired) electrons. The molecular weight excluding hydrogens is 228 g/mol. The molecular formula is C11H17ClN2O2. The van der Waals surface area contributed by atoms with Gasteiger partial charge in [0.25, 0.3) is 5.91 Å². The van der Waals surface area contributed by atoms with E-state index >= 15 is 0 Å². The van der Waals surface area contributed by atoms with Crippen molar-refractivity contribution in [1.29, 1.82) is 0 Å². The second-order valence-electron chi connectivity index (χ2n) is 4.10. The van der Waals surface area contributed by atoms with Crippen LogP contribution in [-0.4, -0.2) is 23.0 Å². The van der Waals surface area contributed by atoms with Crippen LogP contribution in [0.4, 0.5) is 0 Å². The number of nitrogens with one attached hydrogen (secondary N) is 1. The fraction of sp³-hybridized carbons (Fsp3) is 0.636. The summed E-state index contributed by atoms with van der Waals surface area (Å²) in [6.45, 7) is 5.82. The summed E-state index contributed by atoms with van der Waals surface area (Å²) in [5.41, 5.74) is 0.486. The van der Waals surface area contributed by atoms with Gasteiger partial charge < -0.3 is 9.84 Å². The van der Waals surface area contributed by atoms with Crippen molar-refractivity contribution in [1.82, 2.24) is 10.5 Å². The zero-order chi connectivity index (χ0) is 12.1. The first-order valence-corrected chi connectivity index (χ1v) is 5.87. The zero-order valence-corrected chi connectivity index (χ0v) is 10.5. The van der Waals surface area contributed by atoms with E-state index in [1.54, 1.807) is 6.92 Å². The van der Waals surface area contributed by atoms with E-state index in [0.717, 1.165) is 6.42 Å². The fourth-order valence-corrected chi connectivity index (χ4v) is 1.69. The number of hydrogen-bond acceptors (Lipinski definition) is 3. The molecule has 0 aliphatic heterocycles. The van der Waals surface area contributed by atoms with Gasteiger partial charge in [-0.15, -0.1) is 11.6 Å². The summed E-state index contributed by atoms with van der Waals surface area (Å²) in [7, 11) is 0. The Labute approximate surface area is 100 Å². The molecule has 0 bridgehead atoms. The normalized spacial score (nSPS) is 12.8. The first-order valence-electron chi connectivity index (χ1n) is 5.34. The molecule has 0 saturated carbocycles. The smallest absolute Gasteiger partial charge is 0.256 e. The highest BCUT2D eigenvalue weighted by atomic mass is 35.5. The van der Waals surface area contributed by atoms with Gasteiger partial charge in [-0.25, -0.2) is 0 Å². The lowest BCUT2D eigenvalue weighted by Gasteiger charge is -2.21. The number of nitrogens with zero attached hydrogens (tertiary/aromatic N) is 1. The molecule has 1 amide bonds. The van der Waals surface area contributed by atoms with Gasteiger partial charge in [-0.2, -0.15) is 0 Å². The van der Waals surface area contributed by atoms with Gasteiger partial charge in [-0.3, -0.25) is 4.79 Å². The Morgan fingerprint density at radius 1 is 1.62 bits per heavy atom. The number of amides is 1. The molecule has 0 saturated heterocycles. The van der Waals surface area contributed by atoms with Crippen molar-refractivity contribution in [3.8, 4) is 0 Å². The number of aryl methyl sites for hydroxylation is 1. The third-order valence-corrected chi connectivity index (χ3v) is 2.75. The van der Waals surface area contributed by atoms with Crippen LogP contribution in [-0.2, 0) is 0 Å². The second kappa shape index (κ2) is 5.89. The average molecular weight is 245 g/mol. The highest BCUT2D eigenvalue weighted by Gasteiger charge is 2.19. The molecule has 16 heavy (non-hydrogen) atoms. The van der Waals surface area contributed by atoms with Crippen LogP contribution in [0.3, 0.4) is 0 Å². The van der Waals surface area contributed by atoms with Crippen LogP contribution in [0.15, 0.2) is 10.7 Å². The minimum absolute atomic E-state index is 0.0827. The van der Waals surface area contributed by atoms with Gasteiger partial charge in [0.05, 0.1) is 6.20 Å². The summed E-state index contributed by atoms with van der Waals surface area (Å²) in [6, 6.07) is 0.0827. The quantitative estimate of drug-likeness (QED) is 0.809. The van der Waals surface area contributed by atoms with E-state index in [2.05, 4.69) is 24.3 Å².